The Labute approximate surface area is 105 Å². The predicted molar refractivity (Wildman–Crippen MR) is 52.1 cm³/mol. The van der Waals surface area contributed by atoms with E-state index in [2.05, 4.69) is 20.2 Å². The standard InChI is InChI=1S/C4H2N10O6/c15-11-3-5-1(13(17)18)7-9(3)12(16)4-6-2(14(19)20)8-10(4)11/h11-12H. The van der Waals surface area contributed by atoms with Crippen LogP contribution in [0.15, 0.2) is 0 Å². The molecule has 3 heterocycles. The first kappa shape index (κ1) is 12.0. The minimum atomic E-state index is -1.08. The minimum absolute atomic E-state index is 0.355. The fourth-order valence-electron chi connectivity index (χ4n) is 1.51. The molecular formula is C4H2N10O6. The van der Waals surface area contributed by atoms with Gasteiger partial charge >= 0.3 is 23.8 Å². The zero-order chi connectivity index (χ0) is 14.6. The third-order valence-electron chi connectivity index (χ3n) is 2.29. The molecule has 2 unspecified atom stereocenters. The van der Waals surface area contributed by atoms with E-state index < -0.39 is 44.0 Å². The fraction of sp³-hybridized carbons (Fsp3) is 0. The normalized spacial score (nSPS) is 20.3. The maximum Gasteiger partial charge on any atom is 0.501 e. The van der Waals surface area contributed by atoms with Gasteiger partial charge in [-0.1, -0.05) is 0 Å². The van der Waals surface area contributed by atoms with Crippen molar-refractivity contribution in [1.82, 2.24) is 29.7 Å². The van der Waals surface area contributed by atoms with Gasteiger partial charge in [0.1, 0.15) is 0 Å². The Kier molecular flexibility index (Phi) is 2.22. The fourth-order valence-corrected chi connectivity index (χ4v) is 1.51. The van der Waals surface area contributed by atoms with E-state index in [1.165, 1.54) is 0 Å². The van der Waals surface area contributed by atoms with E-state index >= 15 is 0 Å². The van der Waals surface area contributed by atoms with Gasteiger partial charge in [-0.3, -0.25) is 0 Å². The molecule has 104 valence electrons. The van der Waals surface area contributed by atoms with Gasteiger partial charge in [0, 0.05) is 9.97 Å². The summed E-state index contributed by atoms with van der Waals surface area (Å²) >= 11 is 0. The number of rotatable bonds is 2. The number of aromatic nitrogens is 6. The summed E-state index contributed by atoms with van der Waals surface area (Å²) in [7, 11) is 0. The summed E-state index contributed by atoms with van der Waals surface area (Å²) in [6.07, 6.45) is 0. The molecule has 0 spiro atoms. The number of nitro groups is 2. The van der Waals surface area contributed by atoms with E-state index in [0.29, 0.717) is 9.58 Å². The van der Waals surface area contributed by atoms with E-state index in [9.17, 15) is 30.6 Å². The highest BCUT2D eigenvalue weighted by atomic mass is 16.6. The molecule has 2 aromatic rings. The van der Waals surface area contributed by atoms with Crippen molar-refractivity contribution >= 4 is 23.8 Å². The Morgan fingerprint density at radius 2 is 1.20 bits per heavy atom. The van der Waals surface area contributed by atoms with Crippen LogP contribution >= 0.6 is 0 Å². The lowest BCUT2D eigenvalue weighted by Crippen LogP contribution is -3.18. The van der Waals surface area contributed by atoms with Crippen LogP contribution in [0.25, 0.3) is 0 Å². The molecule has 1 aliphatic rings. The molecule has 0 radical (unpaired) electrons. The minimum Gasteiger partial charge on any atom is -0.596 e. The van der Waals surface area contributed by atoms with Crippen molar-refractivity contribution < 1.29 is 20.2 Å². The Hall–Kier alpha value is -3.08. The van der Waals surface area contributed by atoms with Crippen LogP contribution in [0.1, 0.15) is 0 Å². The molecule has 0 bridgehead atoms. The van der Waals surface area contributed by atoms with Gasteiger partial charge in [-0.15, -0.1) is 10.3 Å². The largest absolute Gasteiger partial charge is 0.596 e. The first-order chi connectivity index (χ1) is 9.40. The molecule has 0 amide bonds. The molecule has 20 heavy (non-hydrogen) atoms. The number of hydrogen-bond donors (Lipinski definition) is 2. The maximum absolute atomic E-state index is 11.9. The quantitative estimate of drug-likeness (QED) is 0.310. The van der Waals surface area contributed by atoms with Crippen LogP contribution in [0, 0.1) is 30.6 Å². The third kappa shape index (κ3) is 1.43. The molecule has 2 N–H and O–H groups in total. The Morgan fingerprint density at radius 3 is 1.50 bits per heavy atom. The van der Waals surface area contributed by atoms with Crippen molar-refractivity contribution in [3.63, 3.8) is 0 Å². The van der Waals surface area contributed by atoms with Gasteiger partial charge < -0.3 is 30.6 Å². The molecule has 2 atom stereocenters. The van der Waals surface area contributed by atoms with Crippen LogP contribution in [-0.2, 0) is 0 Å². The molecule has 16 nitrogen and oxygen atoms in total. The summed E-state index contributed by atoms with van der Waals surface area (Å²) in [6, 6.07) is 0. The number of nitrogens with zero attached hydrogens (tertiary/aromatic N) is 8. The second kappa shape index (κ2) is 3.71. The number of hydrogen-bond acceptors (Lipinski definition) is 10. The SMILES string of the molecule is O=[N+]([O-])c1nc2n(n1)[NH+]([O-])c1nc([N+](=O)[O-])nn1[NH+]2[O-]. The Balaban J connectivity index is 2.15. The molecule has 0 aliphatic carbocycles. The maximum atomic E-state index is 11.9. The molecular weight excluding hydrogens is 284 g/mol. The highest BCUT2D eigenvalue weighted by Crippen LogP contribution is 2.11. The van der Waals surface area contributed by atoms with E-state index in [-0.39, 0.29) is 0 Å². The Bertz CT molecular complexity index is 627. The second-order valence-corrected chi connectivity index (χ2v) is 3.42. The van der Waals surface area contributed by atoms with Gasteiger partial charge in [0.25, 0.3) is 0 Å². The lowest BCUT2D eigenvalue weighted by atomic mass is 10.9. The summed E-state index contributed by atoms with van der Waals surface area (Å²) in [4.78, 5) is 26.2. The summed E-state index contributed by atoms with van der Waals surface area (Å²) in [5.41, 5.74) is 0. The van der Waals surface area contributed by atoms with Gasteiger partial charge in [-0.2, -0.15) is 0 Å². The average molecular weight is 286 g/mol. The molecule has 1 aliphatic heterocycles. The second-order valence-electron chi connectivity index (χ2n) is 3.42. The number of fused-ring (bicyclic) bond motifs is 2. The number of nitrogens with one attached hydrogen (secondary N) is 2. The van der Waals surface area contributed by atoms with Gasteiger partial charge in [0.2, 0.25) is 0 Å². The zero-order valence-electron chi connectivity index (χ0n) is 9.03. The molecule has 2 aromatic heterocycles. The number of quaternary nitrogens is 2. The summed E-state index contributed by atoms with van der Waals surface area (Å²) < 4.78 is 0. The van der Waals surface area contributed by atoms with Crippen molar-refractivity contribution in [2.45, 2.75) is 0 Å². The van der Waals surface area contributed by atoms with Crippen molar-refractivity contribution in [1.29, 1.82) is 0 Å². The smallest absolute Gasteiger partial charge is 0.501 e. The van der Waals surface area contributed by atoms with E-state index in [0.717, 1.165) is 0 Å². The Morgan fingerprint density at radius 1 is 0.850 bits per heavy atom. The average Bonchev–Trinajstić information content (AvgIpc) is 3.00. The molecule has 0 fully saturated rings. The van der Waals surface area contributed by atoms with Crippen LogP contribution in [0.4, 0.5) is 23.8 Å². The van der Waals surface area contributed by atoms with Gasteiger partial charge in [-0.05, 0) is 9.85 Å². The molecule has 0 saturated carbocycles. The topological polar surface area (TPSA) is 203 Å². The first-order valence-corrected chi connectivity index (χ1v) is 4.72. The van der Waals surface area contributed by atoms with Crippen LogP contribution in [-0.4, -0.2) is 39.6 Å². The van der Waals surface area contributed by atoms with Crippen molar-refractivity contribution in [2.75, 3.05) is 0 Å². The van der Waals surface area contributed by atoms with Crippen LogP contribution in [0.3, 0.4) is 0 Å². The highest BCUT2D eigenvalue weighted by molar-refractivity contribution is 5.19. The van der Waals surface area contributed by atoms with Gasteiger partial charge in [0.15, 0.2) is 0 Å². The summed E-state index contributed by atoms with van der Waals surface area (Å²) in [5.74, 6) is -3.26. The van der Waals surface area contributed by atoms with Gasteiger partial charge in [0.05, 0.1) is 19.8 Å². The molecule has 0 saturated heterocycles. The van der Waals surface area contributed by atoms with Crippen LogP contribution in [0.2, 0.25) is 0 Å². The lowest BCUT2D eigenvalue weighted by Gasteiger charge is -2.22. The van der Waals surface area contributed by atoms with Crippen molar-refractivity contribution in [3.05, 3.63) is 30.6 Å². The molecule has 16 heteroatoms. The lowest BCUT2D eigenvalue weighted by molar-refractivity contribution is -0.933. The molecule has 0 aromatic carbocycles. The zero-order valence-corrected chi connectivity index (χ0v) is 9.03. The van der Waals surface area contributed by atoms with Crippen LogP contribution in [0.5, 0.6) is 0 Å². The molecule has 3 rings (SSSR count). The van der Waals surface area contributed by atoms with Crippen LogP contribution < -0.4 is 10.3 Å². The predicted octanol–water partition coefficient (Wildman–Crippen LogP) is -4.05. The third-order valence-corrected chi connectivity index (χ3v) is 2.29. The van der Waals surface area contributed by atoms with E-state index in [1.54, 1.807) is 0 Å². The van der Waals surface area contributed by atoms with Gasteiger partial charge in [-0.25, -0.2) is 0 Å². The van der Waals surface area contributed by atoms with Crippen molar-refractivity contribution in [2.24, 2.45) is 0 Å². The van der Waals surface area contributed by atoms with E-state index in [1.807, 2.05) is 0 Å². The summed E-state index contributed by atoms with van der Waals surface area (Å²) in [6.45, 7) is 0. The monoisotopic (exact) mass is 286 g/mol. The highest BCUT2D eigenvalue weighted by Gasteiger charge is 2.46. The van der Waals surface area contributed by atoms with Crippen molar-refractivity contribution in [3.8, 4) is 0 Å². The summed E-state index contributed by atoms with van der Waals surface area (Å²) in [5, 5.41) is 49.0. The van der Waals surface area contributed by atoms with E-state index in [4.69, 9.17) is 0 Å². The first-order valence-electron chi connectivity index (χ1n) is 4.72.